The van der Waals surface area contributed by atoms with Crippen molar-refractivity contribution in [1.82, 2.24) is 4.90 Å². The Balaban J connectivity index is 2.35. The van der Waals surface area contributed by atoms with E-state index in [9.17, 15) is 0 Å². The molecule has 0 spiro atoms. The van der Waals surface area contributed by atoms with E-state index in [1.807, 2.05) is 0 Å². The number of hydrogen-bond acceptors (Lipinski definition) is 2. The lowest BCUT2D eigenvalue weighted by Crippen LogP contribution is -2.50. The molecule has 2 nitrogen and oxygen atoms in total. The molecular formula is C18H30N2. The number of hydrogen-bond donors (Lipinski definition) is 1. The summed E-state index contributed by atoms with van der Waals surface area (Å²) in [5.74, 6) is 0.763. The zero-order valence-corrected chi connectivity index (χ0v) is 13.5. The Labute approximate surface area is 124 Å². The van der Waals surface area contributed by atoms with Crippen LogP contribution in [0.2, 0.25) is 0 Å². The molecule has 0 bridgehead atoms. The van der Waals surface area contributed by atoms with Crippen molar-refractivity contribution in [2.24, 2.45) is 11.7 Å². The molecule has 20 heavy (non-hydrogen) atoms. The number of nitrogens with two attached hydrogens (primary N) is 1. The average Bonchev–Trinajstić information content (AvgIpc) is 2.45. The van der Waals surface area contributed by atoms with Gasteiger partial charge in [0.1, 0.15) is 0 Å². The van der Waals surface area contributed by atoms with E-state index >= 15 is 0 Å². The van der Waals surface area contributed by atoms with Crippen LogP contribution in [0.25, 0.3) is 0 Å². The molecule has 4 atom stereocenters. The van der Waals surface area contributed by atoms with Crippen LogP contribution in [0.3, 0.4) is 0 Å². The highest BCUT2D eigenvalue weighted by Crippen LogP contribution is 2.34. The van der Waals surface area contributed by atoms with Crippen molar-refractivity contribution in [3.63, 3.8) is 0 Å². The number of nitrogens with zero attached hydrogens (tertiary/aromatic N) is 1. The molecule has 1 heterocycles. The van der Waals surface area contributed by atoms with Gasteiger partial charge in [0.25, 0.3) is 0 Å². The SMILES string of the molecule is CCC(N)C(c1ccccc1C)N1CCCC(C)C1C. The predicted octanol–water partition coefficient (Wildman–Crippen LogP) is 3.89. The van der Waals surface area contributed by atoms with Crippen LogP contribution in [0.1, 0.15) is 57.2 Å². The summed E-state index contributed by atoms with van der Waals surface area (Å²) in [6, 6.07) is 9.93. The highest BCUT2D eigenvalue weighted by atomic mass is 15.2. The van der Waals surface area contributed by atoms with E-state index in [0.29, 0.717) is 12.1 Å². The topological polar surface area (TPSA) is 29.3 Å². The first-order valence-corrected chi connectivity index (χ1v) is 8.13. The van der Waals surface area contributed by atoms with E-state index in [0.717, 1.165) is 12.3 Å². The van der Waals surface area contributed by atoms with Crippen LogP contribution in [-0.4, -0.2) is 23.5 Å². The quantitative estimate of drug-likeness (QED) is 0.902. The predicted molar refractivity (Wildman–Crippen MR) is 86.8 cm³/mol. The Bertz CT molecular complexity index is 429. The summed E-state index contributed by atoms with van der Waals surface area (Å²) in [4.78, 5) is 2.66. The molecule has 1 aliphatic rings. The van der Waals surface area contributed by atoms with Crippen LogP contribution >= 0.6 is 0 Å². The Morgan fingerprint density at radius 1 is 1.30 bits per heavy atom. The van der Waals surface area contributed by atoms with Crippen molar-refractivity contribution in [3.05, 3.63) is 35.4 Å². The zero-order valence-electron chi connectivity index (χ0n) is 13.5. The third-order valence-electron chi connectivity index (χ3n) is 5.16. The summed E-state index contributed by atoms with van der Waals surface area (Å²) in [7, 11) is 0. The third-order valence-corrected chi connectivity index (χ3v) is 5.16. The molecule has 1 aromatic carbocycles. The highest BCUT2D eigenvalue weighted by Gasteiger charge is 2.34. The van der Waals surface area contributed by atoms with Gasteiger partial charge in [0, 0.05) is 12.1 Å². The van der Waals surface area contributed by atoms with Gasteiger partial charge in [0.2, 0.25) is 0 Å². The first-order valence-electron chi connectivity index (χ1n) is 8.13. The van der Waals surface area contributed by atoms with Gasteiger partial charge in [-0.25, -0.2) is 0 Å². The summed E-state index contributed by atoms with van der Waals surface area (Å²) in [6.45, 7) is 10.3. The van der Waals surface area contributed by atoms with E-state index in [1.165, 1.54) is 30.5 Å². The van der Waals surface area contributed by atoms with Gasteiger partial charge in [-0.2, -0.15) is 0 Å². The normalized spacial score (nSPS) is 27.2. The van der Waals surface area contributed by atoms with Crippen molar-refractivity contribution >= 4 is 0 Å². The van der Waals surface area contributed by atoms with Crippen LogP contribution in [-0.2, 0) is 0 Å². The lowest BCUT2D eigenvalue weighted by atomic mass is 9.85. The lowest BCUT2D eigenvalue weighted by Gasteiger charge is -2.45. The van der Waals surface area contributed by atoms with Crippen LogP contribution in [0.5, 0.6) is 0 Å². The highest BCUT2D eigenvalue weighted by molar-refractivity contribution is 5.30. The molecule has 112 valence electrons. The summed E-state index contributed by atoms with van der Waals surface area (Å²) in [5.41, 5.74) is 9.30. The molecule has 2 rings (SSSR count). The lowest BCUT2D eigenvalue weighted by molar-refractivity contribution is 0.0543. The maximum atomic E-state index is 6.51. The molecule has 2 heteroatoms. The molecule has 1 saturated heterocycles. The molecular weight excluding hydrogens is 244 g/mol. The van der Waals surface area contributed by atoms with Gasteiger partial charge < -0.3 is 5.73 Å². The van der Waals surface area contributed by atoms with Crippen LogP contribution in [0.15, 0.2) is 24.3 Å². The van der Waals surface area contributed by atoms with E-state index in [4.69, 9.17) is 5.73 Å². The summed E-state index contributed by atoms with van der Waals surface area (Å²) in [6.07, 6.45) is 3.67. The molecule has 0 aromatic heterocycles. The molecule has 4 unspecified atom stereocenters. The maximum absolute atomic E-state index is 6.51. The third kappa shape index (κ3) is 3.07. The Morgan fingerprint density at radius 3 is 2.65 bits per heavy atom. The van der Waals surface area contributed by atoms with E-state index in [2.05, 4.69) is 56.9 Å². The van der Waals surface area contributed by atoms with Crippen molar-refractivity contribution in [2.75, 3.05) is 6.54 Å². The second kappa shape index (κ2) is 6.73. The number of rotatable bonds is 4. The molecule has 0 aliphatic carbocycles. The molecule has 1 aromatic rings. The standard InChI is InChI=1S/C18H30N2/c1-5-17(19)18(16-11-7-6-9-14(16)3)20-12-8-10-13(2)15(20)4/h6-7,9,11,13,15,17-18H,5,8,10,12,19H2,1-4H3. The summed E-state index contributed by atoms with van der Waals surface area (Å²) >= 11 is 0. The van der Waals surface area contributed by atoms with Crippen LogP contribution in [0, 0.1) is 12.8 Å². The summed E-state index contributed by atoms with van der Waals surface area (Å²) < 4.78 is 0. The Morgan fingerprint density at radius 2 is 2.00 bits per heavy atom. The molecule has 0 radical (unpaired) electrons. The van der Waals surface area contributed by atoms with Gasteiger partial charge in [-0.1, -0.05) is 38.1 Å². The van der Waals surface area contributed by atoms with Gasteiger partial charge in [-0.05, 0) is 56.7 Å². The van der Waals surface area contributed by atoms with E-state index in [-0.39, 0.29) is 6.04 Å². The number of piperidine rings is 1. The summed E-state index contributed by atoms with van der Waals surface area (Å²) in [5, 5.41) is 0. The zero-order chi connectivity index (χ0) is 14.7. The van der Waals surface area contributed by atoms with Crippen molar-refractivity contribution in [2.45, 2.75) is 65.1 Å². The minimum Gasteiger partial charge on any atom is -0.326 e. The number of likely N-dealkylation sites (tertiary alicyclic amines) is 1. The fourth-order valence-electron chi connectivity index (χ4n) is 3.56. The second-order valence-corrected chi connectivity index (χ2v) is 6.47. The fourth-order valence-corrected chi connectivity index (χ4v) is 3.56. The Kier molecular flexibility index (Phi) is 5.22. The fraction of sp³-hybridized carbons (Fsp3) is 0.667. The second-order valence-electron chi connectivity index (χ2n) is 6.47. The number of benzene rings is 1. The first kappa shape index (κ1) is 15.5. The average molecular weight is 274 g/mol. The van der Waals surface area contributed by atoms with Gasteiger partial charge >= 0.3 is 0 Å². The van der Waals surface area contributed by atoms with Crippen molar-refractivity contribution in [3.8, 4) is 0 Å². The van der Waals surface area contributed by atoms with Gasteiger partial charge in [-0.3, -0.25) is 4.90 Å². The van der Waals surface area contributed by atoms with Gasteiger partial charge in [-0.15, -0.1) is 0 Å². The molecule has 0 saturated carbocycles. The van der Waals surface area contributed by atoms with Crippen molar-refractivity contribution < 1.29 is 0 Å². The minimum absolute atomic E-state index is 0.212. The van der Waals surface area contributed by atoms with E-state index in [1.54, 1.807) is 0 Å². The molecule has 2 N–H and O–H groups in total. The van der Waals surface area contributed by atoms with Gasteiger partial charge in [0.15, 0.2) is 0 Å². The number of aryl methyl sites for hydroxylation is 1. The Hall–Kier alpha value is -0.860. The first-order chi connectivity index (χ1) is 9.56. The molecule has 1 fully saturated rings. The van der Waals surface area contributed by atoms with Gasteiger partial charge in [0.05, 0.1) is 6.04 Å². The maximum Gasteiger partial charge on any atom is 0.0504 e. The van der Waals surface area contributed by atoms with Crippen LogP contribution < -0.4 is 5.73 Å². The molecule has 1 aliphatic heterocycles. The smallest absolute Gasteiger partial charge is 0.0504 e. The molecule has 0 amide bonds. The monoisotopic (exact) mass is 274 g/mol. The van der Waals surface area contributed by atoms with E-state index < -0.39 is 0 Å². The van der Waals surface area contributed by atoms with Crippen LogP contribution in [0.4, 0.5) is 0 Å². The minimum atomic E-state index is 0.212. The largest absolute Gasteiger partial charge is 0.326 e. The van der Waals surface area contributed by atoms with Crippen molar-refractivity contribution in [1.29, 1.82) is 0 Å².